The zero-order valence-corrected chi connectivity index (χ0v) is 16.6. The highest BCUT2D eigenvalue weighted by molar-refractivity contribution is 5.70. The summed E-state index contributed by atoms with van der Waals surface area (Å²) in [5.74, 6) is 0. The Morgan fingerprint density at radius 3 is 2.19 bits per heavy atom. The Labute approximate surface area is 162 Å². The number of benzene rings is 2. The zero-order valence-electron chi connectivity index (χ0n) is 16.6. The number of carbonyl (C=O) groups excluding carboxylic acids is 1. The van der Waals surface area contributed by atoms with Crippen molar-refractivity contribution in [1.82, 2.24) is 4.90 Å². The Kier molecular flexibility index (Phi) is 5.56. The van der Waals surface area contributed by atoms with Gasteiger partial charge in [-0.05, 0) is 38.3 Å². The highest BCUT2D eigenvalue weighted by atomic mass is 16.6. The van der Waals surface area contributed by atoms with Crippen molar-refractivity contribution in [3.8, 4) is 0 Å². The van der Waals surface area contributed by atoms with Crippen LogP contribution in [0.15, 0.2) is 60.7 Å². The SMILES string of the molecule is CC[C@]1(N(Cc2ccccc2)C(=O)OC(C)(C)C)CO[C@@H]1c1ccccc1. The van der Waals surface area contributed by atoms with E-state index in [1.807, 2.05) is 74.2 Å². The fourth-order valence-corrected chi connectivity index (χ4v) is 3.58. The fraction of sp³-hybridized carbons (Fsp3) is 0.435. The number of amides is 1. The van der Waals surface area contributed by atoms with E-state index in [0.29, 0.717) is 13.2 Å². The fourth-order valence-electron chi connectivity index (χ4n) is 3.58. The molecule has 3 rings (SSSR count). The van der Waals surface area contributed by atoms with Gasteiger partial charge in [0.15, 0.2) is 0 Å². The van der Waals surface area contributed by atoms with Crippen LogP contribution in [0.4, 0.5) is 4.79 Å². The maximum atomic E-state index is 13.2. The molecule has 4 heteroatoms. The molecule has 0 aliphatic carbocycles. The van der Waals surface area contributed by atoms with Gasteiger partial charge in [-0.25, -0.2) is 4.79 Å². The van der Waals surface area contributed by atoms with E-state index >= 15 is 0 Å². The van der Waals surface area contributed by atoms with Crippen LogP contribution in [0.25, 0.3) is 0 Å². The van der Waals surface area contributed by atoms with Crippen LogP contribution in [0.3, 0.4) is 0 Å². The minimum atomic E-state index is -0.548. The lowest BCUT2D eigenvalue weighted by atomic mass is 9.79. The van der Waals surface area contributed by atoms with Crippen LogP contribution in [-0.2, 0) is 16.0 Å². The molecule has 0 saturated carbocycles. The molecule has 1 aliphatic heterocycles. The molecule has 0 spiro atoms. The third kappa shape index (κ3) is 4.16. The topological polar surface area (TPSA) is 38.8 Å². The van der Waals surface area contributed by atoms with Crippen molar-refractivity contribution in [2.75, 3.05) is 6.61 Å². The minimum Gasteiger partial charge on any atom is -0.444 e. The van der Waals surface area contributed by atoms with Gasteiger partial charge < -0.3 is 9.47 Å². The molecule has 2 aromatic rings. The van der Waals surface area contributed by atoms with Crippen molar-refractivity contribution < 1.29 is 14.3 Å². The number of rotatable bonds is 5. The monoisotopic (exact) mass is 367 g/mol. The molecule has 1 aliphatic rings. The zero-order chi connectivity index (χ0) is 19.5. The molecule has 2 aromatic carbocycles. The molecule has 0 bridgehead atoms. The molecule has 0 unspecified atom stereocenters. The van der Waals surface area contributed by atoms with E-state index in [1.54, 1.807) is 0 Å². The second kappa shape index (κ2) is 7.73. The smallest absolute Gasteiger partial charge is 0.411 e. The van der Waals surface area contributed by atoms with Gasteiger partial charge in [0.25, 0.3) is 0 Å². The van der Waals surface area contributed by atoms with Crippen LogP contribution >= 0.6 is 0 Å². The van der Waals surface area contributed by atoms with Gasteiger partial charge in [0.05, 0.1) is 12.1 Å². The summed E-state index contributed by atoms with van der Waals surface area (Å²) in [6.07, 6.45) is 0.343. The standard InChI is InChI=1S/C23H29NO3/c1-5-23(17-26-20(23)19-14-10-7-11-15-19)24(21(25)27-22(2,3)4)16-18-12-8-6-9-13-18/h6-15,20H,5,16-17H2,1-4H3/t20-,23+/m1/s1. The van der Waals surface area contributed by atoms with Crippen LogP contribution in [0.5, 0.6) is 0 Å². The Morgan fingerprint density at radius 1 is 1.11 bits per heavy atom. The summed E-state index contributed by atoms with van der Waals surface area (Å²) in [7, 11) is 0. The van der Waals surface area contributed by atoms with E-state index in [2.05, 4.69) is 19.1 Å². The van der Waals surface area contributed by atoms with Crippen molar-refractivity contribution in [3.63, 3.8) is 0 Å². The van der Waals surface area contributed by atoms with E-state index < -0.39 is 11.1 Å². The summed E-state index contributed by atoms with van der Waals surface area (Å²) in [5, 5.41) is 0. The molecule has 144 valence electrons. The number of hydrogen-bond donors (Lipinski definition) is 0. The summed E-state index contributed by atoms with van der Waals surface area (Å²) in [6, 6.07) is 20.2. The normalized spacial score (nSPS) is 22.0. The van der Waals surface area contributed by atoms with Crippen LogP contribution in [0.1, 0.15) is 51.3 Å². The van der Waals surface area contributed by atoms with E-state index in [4.69, 9.17) is 9.47 Å². The minimum absolute atomic E-state index is 0.153. The van der Waals surface area contributed by atoms with E-state index in [1.165, 1.54) is 0 Å². The molecule has 2 atom stereocenters. The third-order valence-electron chi connectivity index (χ3n) is 5.04. The molecule has 0 aromatic heterocycles. The van der Waals surface area contributed by atoms with Gasteiger partial charge in [-0.2, -0.15) is 0 Å². The van der Waals surface area contributed by atoms with Crippen molar-refractivity contribution in [3.05, 3.63) is 71.8 Å². The van der Waals surface area contributed by atoms with Gasteiger partial charge in [-0.15, -0.1) is 0 Å². The predicted octanol–water partition coefficient (Wildman–Crippen LogP) is 5.34. The Morgan fingerprint density at radius 2 is 1.70 bits per heavy atom. The van der Waals surface area contributed by atoms with Crippen LogP contribution in [0, 0.1) is 0 Å². The van der Waals surface area contributed by atoms with Gasteiger partial charge >= 0.3 is 6.09 Å². The summed E-state index contributed by atoms with van der Waals surface area (Å²) < 4.78 is 11.7. The first kappa shape index (κ1) is 19.4. The average Bonchev–Trinajstić information content (AvgIpc) is 2.61. The van der Waals surface area contributed by atoms with Crippen LogP contribution < -0.4 is 0 Å². The van der Waals surface area contributed by atoms with Gasteiger partial charge in [-0.1, -0.05) is 67.6 Å². The molecular weight excluding hydrogens is 338 g/mol. The molecule has 4 nitrogen and oxygen atoms in total. The predicted molar refractivity (Wildman–Crippen MR) is 106 cm³/mol. The summed E-state index contributed by atoms with van der Waals surface area (Å²) in [4.78, 5) is 15.1. The lowest BCUT2D eigenvalue weighted by molar-refractivity contribution is -0.204. The maximum Gasteiger partial charge on any atom is 0.411 e. The Hall–Kier alpha value is -2.33. The number of nitrogens with zero attached hydrogens (tertiary/aromatic N) is 1. The first-order valence-electron chi connectivity index (χ1n) is 9.57. The van der Waals surface area contributed by atoms with Crippen LogP contribution in [0.2, 0.25) is 0 Å². The lowest BCUT2D eigenvalue weighted by Gasteiger charge is -2.55. The van der Waals surface area contributed by atoms with Crippen molar-refractivity contribution >= 4 is 6.09 Å². The molecule has 0 radical (unpaired) electrons. The van der Waals surface area contributed by atoms with E-state index in [9.17, 15) is 4.79 Å². The molecular formula is C23H29NO3. The summed E-state index contributed by atoms with van der Waals surface area (Å²) in [5.41, 5.74) is 1.20. The second-order valence-corrected chi connectivity index (χ2v) is 8.11. The quantitative estimate of drug-likeness (QED) is 0.715. The summed E-state index contributed by atoms with van der Waals surface area (Å²) in [6.45, 7) is 8.81. The van der Waals surface area contributed by atoms with Gasteiger partial charge in [0, 0.05) is 6.54 Å². The van der Waals surface area contributed by atoms with Gasteiger partial charge in [-0.3, -0.25) is 4.90 Å². The van der Waals surface area contributed by atoms with Gasteiger partial charge in [0.2, 0.25) is 0 Å². The van der Waals surface area contributed by atoms with Crippen molar-refractivity contribution in [2.24, 2.45) is 0 Å². The average molecular weight is 367 g/mol. The highest BCUT2D eigenvalue weighted by Crippen LogP contribution is 2.46. The molecule has 27 heavy (non-hydrogen) atoms. The van der Waals surface area contributed by atoms with Crippen molar-refractivity contribution in [1.29, 1.82) is 0 Å². The molecule has 0 N–H and O–H groups in total. The number of ether oxygens (including phenoxy) is 2. The lowest BCUT2D eigenvalue weighted by Crippen LogP contribution is -2.65. The number of carbonyl (C=O) groups is 1. The molecule has 1 heterocycles. The Bertz CT molecular complexity index is 750. The maximum absolute atomic E-state index is 13.2. The molecule has 1 amide bonds. The van der Waals surface area contributed by atoms with Crippen molar-refractivity contribution in [2.45, 2.75) is 57.9 Å². The Balaban J connectivity index is 1.95. The number of hydrogen-bond acceptors (Lipinski definition) is 3. The largest absolute Gasteiger partial charge is 0.444 e. The first-order valence-corrected chi connectivity index (χ1v) is 9.57. The molecule has 1 saturated heterocycles. The molecule has 1 fully saturated rings. The third-order valence-corrected chi connectivity index (χ3v) is 5.04. The van der Waals surface area contributed by atoms with E-state index in [0.717, 1.165) is 17.5 Å². The second-order valence-electron chi connectivity index (χ2n) is 8.11. The first-order chi connectivity index (χ1) is 12.9. The van der Waals surface area contributed by atoms with E-state index in [-0.39, 0.29) is 12.2 Å². The van der Waals surface area contributed by atoms with Gasteiger partial charge in [0.1, 0.15) is 11.7 Å². The summed E-state index contributed by atoms with van der Waals surface area (Å²) >= 11 is 0. The highest BCUT2D eigenvalue weighted by Gasteiger charge is 2.54. The van der Waals surface area contributed by atoms with Crippen LogP contribution in [-0.4, -0.2) is 28.7 Å².